The molecular formula is C30H31F3N6O. The van der Waals surface area contributed by atoms with Crippen molar-refractivity contribution in [2.75, 3.05) is 22.5 Å². The topological polar surface area (TPSA) is 94.9 Å². The Kier molecular flexibility index (Phi) is 6.90. The molecule has 7 nitrogen and oxygen atoms in total. The highest BCUT2D eigenvalue weighted by atomic mass is 19.4. The van der Waals surface area contributed by atoms with Crippen molar-refractivity contribution in [2.45, 2.75) is 51.1 Å². The van der Waals surface area contributed by atoms with Gasteiger partial charge in [-0.05, 0) is 73.5 Å². The van der Waals surface area contributed by atoms with Crippen LogP contribution in [0.2, 0.25) is 0 Å². The highest BCUT2D eigenvalue weighted by Crippen LogP contribution is 2.60. The molecule has 7 rings (SSSR count). The quantitative estimate of drug-likeness (QED) is 0.278. The van der Waals surface area contributed by atoms with E-state index in [-0.39, 0.29) is 23.7 Å². The Balaban J connectivity index is 1.13. The van der Waals surface area contributed by atoms with E-state index in [1.54, 1.807) is 12.1 Å². The van der Waals surface area contributed by atoms with Gasteiger partial charge in [0.1, 0.15) is 23.2 Å². The molecule has 208 valence electrons. The zero-order chi connectivity index (χ0) is 27.7. The zero-order valence-electron chi connectivity index (χ0n) is 21.9. The molecule has 40 heavy (non-hydrogen) atoms. The fraction of sp³-hybridized carbons (Fsp3) is 0.433. The van der Waals surface area contributed by atoms with Gasteiger partial charge in [-0.25, -0.2) is 4.98 Å². The predicted octanol–water partition coefficient (Wildman–Crippen LogP) is 6.58. The van der Waals surface area contributed by atoms with Gasteiger partial charge in [-0.3, -0.25) is 0 Å². The molecule has 0 radical (unpaired) electrons. The Bertz CT molecular complexity index is 1380. The van der Waals surface area contributed by atoms with Gasteiger partial charge in [0.2, 0.25) is 5.95 Å². The van der Waals surface area contributed by atoms with Gasteiger partial charge < -0.3 is 20.7 Å². The molecule has 0 spiro atoms. The summed E-state index contributed by atoms with van der Waals surface area (Å²) in [6.07, 6.45) is 2.61. The number of nitrogens with one attached hydrogen (secondary N) is 3. The van der Waals surface area contributed by atoms with E-state index in [1.807, 2.05) is 6.07 Å². The summed E-state index contributed by atoms with van der Waals surface area (Å²) >= 11 is 0. The molecule has 4 bridgehead atoms. The van der Waals surface area contributed by atoms with Gasteiger partial charge >= 0.3 is 6.36 Å². The molecule has 3 N–H and O–H groups in total. The lowest BCUT2D eigenvalue weighted by molar-refractivity contribution is -0.274. The Morgan fingerprint density at radius 3 is 2.42 bits per heavy atom. The third-order valence-electron chi connectivity index (χ3n) is 8.68. The number of hydrogen-bond donors (Lipinski definition) is 3. The largest absolute Gasteiger partial charge is 0.573 e. The number of benzene rings is 2. The van der Waals surface area contributed by atoms with E-state index in [9.17, 15) is 18.4 Å². The standard InChI is InChI=1S/C30H31F3N6O/c31-30(32,33)40-25-9-5-4-6-20(25)16-35-28-36-17-23(15-34)27(39-28)37-18-29-12-19-10-21(13-29)26(22(11-19)14-29)38-24-7-2-1-3-8-24/h1-9,17,19,21-22,26,38H,10-14,16,18H2,(H2,35,36,37,39)/t19?,21-,22+,26+,29?. The lowest BCUT2D eigenvalue weighted by Crippen LogP contribution is -2.57. The van der Waals surface area contributed by atoms with Crippen molar-refractivity contribution in [1.29, 1.82) is 5.26 Å². The fourth-order valence-electron chi connectivity index (χ4n) is 7.37. The van der Waals surface area contributed by atoms with Crippen LogP contribution in [0, 0.1) is 34.5 Å². The molecule has 0 aliphatic heterocycles. The molecule has 1 heterocycles. The molecule has 1 aromatic heterocycles. The summed E-state index contributed by atoms with van der Waals surface area (Å²) in [5.74, 6) is 2.34. The van der Waals surface area contributed by atoms with Gasteiger partial charge in [-0.15, -0.1) is 13.2 Å². The normalized spacial score (nSPS) is 26.6. The number of alkyl halides is 3. The molecule has 3 aromatic rings. The molecule has 0 amide bonds. The number of aromatic nitrogens is 2. The van der Waals surface area contributed by atoms with Gasteiger partial charge in [-0.1, -0.05) is 36.4 Å². The summed E-state index contributed by atoms with van der Waals surface area (Å²) in [5.41, 5.74) is 1.98. The van der Waals surface area contributed by atoms with Crippen molar-refractivity contribution in [3.63, 3.8) is 0 Å². The van der Waals surface area contributed by atoms with Crippen molar-refractivity contribution < 1.29 is 17.9 Å². The molecule has 4 aliphatic carbocycles. The number of hydrogen-bond acceptors (Lipinski definition) is 7. The second-order valence-corrected chi connectivity index (χ2v) is 11.4. The van der Waals surface area contributed by atoms with Crippen LogP contribution in [-0.4, -0.2) is 28.9 Å². The second-order valence-electron chi connectivity index (χ2n) is 11.4. The summed E-state index contributed by atoms with van der Waals surface area (Å²) in [4.78, 5) is 8.72. The Morgan fingerprint density at radius 1 is 0.975 bits per heavy atom. The number of halogens is 3. The first kappa shape index (κ1) is 26.2. The first-order valence-corrected chi connectivity index (χ1v) is 13.7. The summed E-state index contributed by atoms with van der Waals surface area (Å²) in [6, 6.07) is 19.0. The van der Waals surface area contributed by atoms with Crippen LogP contribution in [0.3, 0.4) is 0 Å². The number of nitrogens with zero attached hydrogens (tertiary/aromatic N) is 3. The maximum Gasteiger partial charge on any atom is 0.573 e. The van der Waals surface area contributed by atoms with E-state index >= 15 is 0 Å². The molecule has 2 aromatic carbocycles. The van der Waals surface area contributed by atoms with Crippen LogP contribution in [0.5, 0.6) is 5.75 Å². The van der Waals surface area contributed by atoms with Crippen molar-refractivity contribution in [2.24, 2.45) is 23.2 Å². The van der Waals surface area contributed by atoms with Crippen LogP contribution < -0.4 is 20.7 Å². The van der Waals surface area contributed by atoms with Gasteiger partial charge in [0.25, 0.3) is 0 Å². The second kappa shape index (κ2) is 10.5. The zero-order valence-corrected chi connectivity index (χ0v) is 21.9. The smallest absolute Gasteiger partial charge is 0.405 e. The van der Waals surface area contributed by atoms with Crippen molar-refractivity contribution in [3.8, 4) is 11.8 Å². The molecule has 4 saturated carbocycles. The van der Waals surface area contributed by atoms with Crippen LogP contribution >= 0.6 is 0 Å². The maximum atomic E-state index is 12.8. The summed E-state index contributed by atoms with van der Waals surface area (Å²) in [5, 5.41) is 19.9. The van der Waals surface area contributed by atoms with E-state index in [0.717, 1.165) is 25.3 Å². The highest BCUT2D eigenvalue weighted by Gasteiger charge is 2.55. The van der Waals surface area contributed by atoms with E-state index in [1.165, 1.54) is 43.3 Å². The van der Waals surface area contributed by atoms with Crippen molar-refractivity contribution >= 4 is 17.5 Å². The minimum Gasteiger partial charge on any atom is -0.405 e. The molecular weight excluding hydrogens is 517 g/mol. The lowest BCUT2D eigenvalue weighted by atomic mass is 9.48. The monoisotopic (exact) mass is 548 g/mol. The van der Waals surface area contributed by atoms with E-state index in [4.69, 9.17) is 0 Å². The molecule has 0 saturated heterocycles. The molecule has 4 aliphatic rings. The average molecular weight is 549 g/mol. The third kappa shape index (κ3) is 5.64. The van der Waals surface area contributed by atoms with Gasteiger partial charge in [0, 0.05) is 30.4 Å². The fourth-order valence-corrected chi connectivity index (χ4v) is 7.37. The minimum absolute atomic E-state index is 0.0301. The summed E-state index contributed by atoms with van der Waals surface area (Å²) < 4.78 is 42.5. The summed E-state index contributed by atoms with van der Waals surface area (Å²) in [7, 11) is 0. The van der Waals surface area contributed by atoms with Gasteiger partial charge in [0.05, 0.1) is 6.20 Å². The molecule has 4 fully saturated rings. The summed E-state index contributed by atoms with van der Waals surface area (Å²) in [6.45, 7) is 0.754. The third-order valence-corrected chi connectivity index (χ3v) is 8.68. The van der Waals surface area contributed by atoms with Crippen LogP contribution in [0.1, 0.15) is 43.2 Å². The number of nitriles is 1. The predicted molar refractivity (Wildman–Crippen MR) is 146 cm³/mol. The number of anilines is 3. The maximum absolute atomic E-state index is 12.8. The van der Waals surface area contributed by atoms with Crippen molar-refractivity contribution in [3.05, 3.63) is 71.9 Å². The van der Waals surface area contributed by atoms with E-state index in [2.05, 4.69) is 61.0 Å². The number of ether oxygens (including phenoxy) is 1. The first-order valence-electron chi connectivity index (χ1n) is 13.7. The highest BCUT2D eigenvalue weighted by molar-refractivity contribution is 5.54. The number of para-hydroxylation sites is 2. The van der Waals surface area contributed by atoms with Crippen molar-refractivity contribution in [1.82, 2.24) is 9.97 Å². The van der Waals surface area contributed by atoms with Crippen LogP contribution in [0.15, 0.2) is 60.8 Å². The van der Waals surface area contributed by atoms with Gasteiger partial charge in [0.15, 0.2) is 0 Å². The van der Waals surface area contributed by atoms with Gasteiger partial charge in [-0.2, -0.15) is 10.2 Å². The Labute approximate surface area is 231 Å². The van der Waals surface area contributed by atoms with Crippen LogP contribution in [-0.2, 0) is 6.54 Å². The van der Waals surface area contributed by atoms with Crippen LogP contribution in [0.25, 0.3) is 0 Å². The van der Waals surface area contributed by atoms with E-state index in [0.29, 0.717) is 34.8 Å². The molecule has 2 unspecified atom stereocenters. The SMILES string of the molecule is N#Cc1cnc(NCc2ccccc2OC(F)(F)F)nc1NCC12CC3C[C@H](C1)[C@H](Nc1ccccc1)[C@@H](C3)C2. The number of rotatable bonds is 9. The average Bonchev–Trinajstić information content (AvgIpc) is 2.93. The Hall–Kier alpha value is -4.00. The molecule has 5 atom stereocenters. The minimum atomic E-state index is -4.78. The van der Waals surface area contributed by atoms with E-state index < -0.39 is 6.36 Å². The molecule has 10 heteroatoms. The Morgan fingerprint density at radius 2 is 1.70 bits per heavy atom. The first-order chi connectivity index (χ1) is 19.3. The van der Waals surface area contributed by atoms with Crippen LogP contribution in [0.4, 0.5) is 30.6 Å². The lowest BCUT2D eigenvalue weighted by Gasteiger charge is -2.60.